The summed E-state index contributed by atoms with van der Waals surface area (Å²) in [6, 6.07) is 19.9. The van der Waals surface area contributed by atoms with Gasteiger partial charge >= 0.3 is 0 Å². The van der Waals surface area contributed by atoms with Crippen molar-refractivity contribution in [3.63, 3.8) is 0 Å². The van der Waals surface area contributed by atoms with E-state index in [1.54, 1.807) is 30.7 Å². The maximum Gasteiger partial charge on any atom is 0.255 e. The Kier molecular flexibility index (Phi) is 6.77. The number of pyridine rings is 3. The fraction of sp³-hybridized carbons (Fsp3) is 0.120. The number of nitrogens with zero attached hydrogens (tertiary/aromatic N) is 3. The zero-order valence-corrected chi connectivity index (χ0v) is 17.3. The molecule has 1 aromatic carbocycles. The predicted octanol–water partition coefficient (Wildman–Crippen LogP) is 4.26. The standard InChI is InChI=1S/C25H22FN5O/c26-21-9-5-14-28-23(21)12-15-29-24-20(25(32)30-17-18-6-4-13-27-16-18)10-11-22(31-24)19-7-2-1-3-8-19/h1-11,13-14,16H,12,15,17H2,(H,29,31)(H,30,32). The van der Waals surface area contributed by atoms with Crippen molar-refractivity contribution in [3.05, 3.63) is 108 Å². The van der Waals surface area contributed by atoms with Crippen molar-refractivity contribution in [2.45, 2.75) is 13.0 Å². The molecule has 0 fully saturated rings. The summed E-state index contributed by atoms with van der Waals surface area (Å²) in [5, 5.41) is 6.09. The zero-order valence-electron chi connectivity index (χ0n) is 17.3. The third-order valence-corrected chi connectivity index (χ3v) is 4.87. The number of hydrogen-bond acceptors (Lipinski definition) is 5. The van der Waals surface area contributed by atoms with E-state index in [9.17, 15) is 9.18 Å². The molecule has 4 rings (SSSR count). The number of hydrogen-bond donors (Lipinski definition) is 2. The third kappa shape index (κ3) is 5.31. The van der Waals surface area contributed by atoms with Crippen molar-refractivity contribution in [2.75, 3.05) is 11.9 Å². The molecule has 1 amide bonds. The molecule has 0 unspecified atom stereocenters. The van der Waals surface area contributed by atoms with Gasteiger partial charge in [0.15, 0.2) is 0 Å². The summed E-state index contributed by atoms with van der Waals surface area (Å²) in [7, 11) is 0. The first kappa shape index (κ1) is 21.1. The lowest BCUT2D eigenvalue weighted by atomic mass is 10.1. The topological polar surface area (TPSA) is 79.8 Å². The van der Waals surface area contributed by atoms with E-state index >= 15 is 0 Å². The highest BCUT2D eigenvalue weighted by atomic mass is 19.1. The van der Waals surface area contributed by atoms with E-state index in [2.05, 4.69) is 25.6 Å². The van der Waals surface area contributed by atoms with Crippen LogP contribution < -0.4 is 10.6 Å². The lowest BCUT2D eigenvalue weighted by Gasteiger charge is -2.13. The molecule has 0 aliphatic rings. The highest BCUT2D eigenvalue weighted by molar-refractivity contribution is 5.99. The fourth-order valence-corrected chi connectivity index (χ4v) is 3.23. The Hall–Kier alpha value is -4.13. The Bertz CT molecular complexity index is 1190. The molecule has 4 aromatic rings. The third-order valence-electron chi connectivity index (χ3n) is 4.87. The van der Waals surface area contributed by atoms with Gasteiger partial charge in [0.05, 0.1) is 17.0 Å². The van der Waals surface area contributed by atoms with E-state index in [0.717, 1.165) is 16.8 Å². The smallest absolute Gasteiger partial charge is 0.255 e. The van der Waals surface area contributed by atoms with Crippen molar-refractivity contribution in [1.29, 1.82) is 0 Å². The lowest BCUT2D eigenvalue weighted by Crippen LogP contribution is -2.25. The summed E-state index contributed by atoms with van der Waals surface area (Å²) in [4.78, 5) is 25.7. The molecule has 0 radical (unpaired) electrons. The molecule has 0 atom stereocenters. The first-order chi connectivity index (χ1) is 15.7. The average Bonchev–Trinajstić information content (AvgIpc) is 2.85. The minimum atomic E-state index is -0.352. The molecule has 0 aliphatic carbocycles. The molecule has 2 N–H and O–H groups in total. The number of aromatic nitrogens is 3. The number of carbonyl (C=O) groups excluding carboxylic acids is 1. The maximum absolute atomic E-state index is 13.9. The van der Waals surface area contributed by atoms with Crippen LogP contribution in [0, 0.1) is 5.82 Å². The molecule has 3 aromatic heterocycles. The maximum atomic E-state index is 13.9. The van der Waals surface area contributed by atoms with Gasteiger partial charge in [-0.3, -0.25) is 14.8 Å². The van der Waals surface area contributed by atoms with Crippen LogP contribution in [0.3, 0.4) is 0 Å². The van der Waals surface area contributed by atoms with Gasteiger partial charge in [-0.15, -0.1) is 0 Å². The second-order valence-corrected chi connectivity index (χ2v) is 7.11. The van der Waals surface area contributed by atoms with Crippen molar-refractivity contribution < 1.29 is 9.18 Å². The van der Waals surface area contributed by atoms with E-state index in [4.69, 9.17) is 0 Å². The number of amides is 1. The first-order valence-corrected chi connectivity index (χ1v) is 10.3. The largest absolute Gasteiger partial charge is 0.369 e. The zero-order chi connectivity index (χ0) is 22.2. The molecule has 0 bridgehead atoms. The Morgan fingerprint density at radius 2 is 1.78 bits per heavy atom. The second kappa shape index (κ2) is 10.3. The summed E-state index contributed by atoms with van der Waals surface area (Å²) in [5.74, 6) is -0.173. The van der Waals surface area contributed by atoms with Crippen LogP contribution in [-0.4, -0.2) is 27.4 Å². The summed E-state index contributed by atoms with van der Waals surface area (Å²) >= 11 is 0. The number of carbonyl (C=O) groups is 1. The SMILES string of the molecule is O=C(NCc1cccnc1)c1ccc(-c2ccccc2)nc1NCCc1ncccc1F. The van der Waals surface area contributed by atoms with Crippen LogP contribution >= 0.6 is 0 Å². The van der Waals surface area contributed by atoms with Gasteiger partial charge in [0, 0.05) is 43.7 Å². The molecular formula is C25H22FN5O. The van der Waals surface area contributed by atoms with Crippen molar-refractivity contribution in [2.24, 2.45) is 0 Å². The molecule has 0 aliphatic heterocycles. The minimum absolute atomic E-state index is 0.257. The number of rotatable bonds is 8. The number of benzene rings is 1. The monoisotopic (exact) mass is 427 g/mol. The van der Waals surface area contributed by atoms with Crippen molar-refractivity contribution >= 4 is 11.7 Å². The molecular weight excluding hydrogens is 405 g/mol. The molecule has 3 heterocycles. The molecule has 0 saturated carbocycles. The minimum Gasteiger partial charge on any atom is -0.369 e. The lowest BCUT2D eigenvalue weighted by molar-refractivity contribution is 0.0951. The van der Waals surface area contributed by atoms with Crippen LogP contribution in [0.5, 0.6) is 0 Å². The highest BCUT2D eigenvalue weighted by Gasteiger charge is 2.15. The van der Waals surface area contributed by atoms with Crippen LogP contribution in [0.15, 0.2) is 85.3 Å². The molecule has 6 nitrogen and oxygen atoms in total. The molecule has 32 heavy (non-hydrogen) atoms. The van der Waals surface area contributed by atoms with Crippen LogP contribution in [-0.2, 0) is 13.0 Å². The van der Waals surface area contributed by atoms with Gasteiger partial charge in [0.25, 0.3) is 5.91 Å². The van der Waals surface area contributed by atoms with Crippen LogP contribution in [0.1, 0.15) is 21.6 Å². The van der Waals surface area contributed by atoms with Gasteiger partial charge < -0.3 is 10.6 Å². The van der Waals surface area contributed by atoms with E-state index in [1.807, 2.05) is 48.5 Å². The Morgan fingerprint density at radius 1 is 0.938 bits per heavy atom. The van der Waals surface area contributed by atoms with Gasteiger partial charge in [-0.2, -0.15) is 0 Å². The molecule has 7 heteroatoms. The van der Waals surface area contributed by atoms with Crippen molar-refractivity contribution in [1.82, 2.24) is 20.3 Å². The van der Waals surface area contributed by atoms with E-state index in [1.165, 1.54) is 6.07 Å². The second-order valence-electron chi connectivity index (χ2n) is 7.11. The summed E-state index contributed by atoms with van der Waals surface area (Å²) < 4.78 is 13.9. The average molecular weight is 427 g/mol. The Balaban J connectivity index is 1.54. The van der Waals surface area contributed by atoms with Crippen LogP contribution in [0.4, 0.5) is 10.2 Å². The highest BCUT2D eigenvalue weighted by Crippen LogP contribution is 2.22. The first-order valence-electron chi connectivity index (χ1n) is 10.3. The van der Waals surface area contributed by atoms with Gasteiger partial charge in [-0.25, -0.2) is 9.37 Å². The van der Waals surface area contributed by atoms with Gasteiger partial charge in [0.2, 0.25) is 0 Å². The number of nitrogens with one attached hydrogen (secondary N) is 2. The molecule has 0 saturated heterocycles. The normalized spacial score (nSPS) is 10.5. The van der Waals surface area contributed by atoms with Crippen molar-refractivity contribution in [3.8, 4) is 11.3 Å². The van der Waals surface area contributed by atoms with Crippen LogP contribution in [0.25, 0.3) is 11.3 Å². The quantitative estimate of drug-likeness (QED) is 0.439. The summed E-state index contributed by atoms with van der Waals surface area (Å²) in [6.07, 6.45) is 5.31. The van der Waals surface area contributed by atoms with Gasteiger partial charge in [-0.1, -0.05) is 36.4 Å². The predicted molar refractivity (Wildman–Crippen MR) is 121 cm³/mol. The Morgan fingerprint density at radius 3 is 2.56 bits per heavy atom. The van der Waals surface area contributed by atoms with E-state index in [-0.39, 0.29) is 11.7 Å². The number of anilines is 1. The fourth-order valence-electron chi connectivity index (χ4n) is 3.23. The Labute approximate surface area is 185 Å². The summed E-state index contributed by atoms with van der Waals surface area (Å²) in [6.45, 7) is 0.730. The van der Waals surface area contributed by atoms with Gasteiger partial charge in [0.1, 0.15) is 11.6 Å². The van der Waals surface area contributed by atoms with Crippen LogP contribution in [0.2, 0.25) is 0 Å². The number of halogens is 1. The van der Waals surface area contributed by atoms with E-state index < -0.39 is 0 Å². The van der Waals surface area contributed by atoms with Gasteiger partial charge in [-0.05, 0) is 35.9 Å². The molecule has 0 spiro atoms. The van der Waals surface area contributed by atoms with E-state index in [0.29, 0.717) is 36.6 Å². The molecule has 160 valence electrons. The summed E-state index contributed by atoms with van der Waals surface area (Å²) in [5.41, 5.74) is 3.35.